The van der Waals surface area contributed by atoms with Gasteiger partial charge in [0.1, 0.15) is 0 Å². The molecule has 1 aromatic carbocycles. The molecule has 0 saturated heterocycles. The molecular formula is C18H25N3O3. The number of hydrogen-bond donors (Lipinski definition) is 2. The van der Waals surface area contributed by atoms with E-state index in [-0.39, 0.29) is 23.8 Å². The summed E-state index contributed by atoms with van der Waals surface area (Å²) in [7, 11) is 0. The minimum atomic E-state index is -0.586. The Labute approximate surface area is 142 Å². The van der Waals surface area contributed by atoms with Crippen molar-refractivity contribution in [3.8, 4) is 11.5 Å². The zero-order valence-electron chi connectivity index (χ0n) is 14.8. The number of nitrogens with zero attached hydrogens (tertiary/aromatic N) is 2. The Hall–Kier alpha value is -2.21. The molecule has 0 spiro atoms. The van der Waals surface area contributed by atoms with E-state index in [1.54, 1.807) is 18.2 Å². The van der Waals surface area contributed by atoms with Crippen LogP contribution < -0.4 is 5.32 Å². The fraction of sp³-hybridized carbons (Fsp3) is 0.500. The van der Waals surface area contributed by atoms with E-state index in [2.05, 4.69) is 15.5 Å². The number of aromatic nitrogens is 2. The van der Waals surface area contributed by atoms with Crippen molar-refractivity contribution in [3.05, 3.63) is 35.7 Å². The first-order valence-corrected chi connectivity index (χ1v) is 8.10. The van der Waals surface area contributed by atoms with Gasteiger partial charge in [0.25, 0.3) is 11.8 Å². The molecule has 24 heavy (non-hydrogen) atoms. The van der Waals surface area contributed by atoms with Crippen molar-refractivity contribution in [2.45, 2.75) is 46.1 Å². The van der Waals surface area contributed by atoms with Gasteiger partial charge in [0.15, 0.2) is 5.82 Å². The van der Waals surface area contributed by atoms with Crippen molar-refractivity contribution >= 4 is 5.91 Å². The first kappa shape index (κ1) is 18.1. The maximum Gasteiger partial charge on any atom is 0.258 e. The van der Waals surface area contributed by atoms with E-state index in [0.717, 1.165) is 0 Å². The second-order valence-electron chi connectivity index (χ2n) is 7.24. The summed E-state index contributed by atoms with van der Waals surface area (Å²) in [5.74, 6) is 0.699. The van der Waals surface area contributed by atoms with Crippen molar-refractivity contribution in [1.29, 1.82) is 0 Å². The zero-order valence-corrected chi connectivity index (χ0v) is 14.8. The molecule has 2 N–H and O–H groups in total. The van der Waals surface area contributed by atoms with Crippen LogP contribution in [0.3, 0.4) is 0 Å². The Kier molecular flexibility index (Phi) is 5.39. The van der Waals surface area contributed by atoms with Crippen LogP contribution in [0, 0.1) is 5.92 Å². The quantitative estimate of drug-likeness (QED) is 0.879. The predicted octanol–water partition coefficient (Wildman–Crippen LogP) is 2.78. The summed E-state index contributed by atoms with van der Waals surface area (Å²) in [5, 5.41) is 16.6. The number of nitrogens with one attached hydrogen (secondary N) is 1. The van der Waals surface area contributed by atoms with Gasteiger partial charge in [-0.05, 0) is 18.1 Å². The van der Waals surface area contributed by atoms with Crippen molar-refractivity contribution in [1.82, 2.24) is 15.5 Å². The van der Waals surface area contributed by atoms with Crippen LogP contribution in [0.5, 0.6) is 0 Å². The predicted molar refractivity (Wildman–Crippen MR) is 91.6 cm³/mol. The third-order valence-electron chi connectivity index (χ3n) is 3.74. The molecule has 0 aliphatic heterocycles. The van der Waals surface area contributed by atoms with E-state index in [4.69, 9.17) is 4.52 Å². The molecule has 0 fully saturated rings. The van der Waals surface area contributed by atoms with Gasteiger partial charge in [0.05, 0.1) is 17.2 Å². The fourth-order valence-corrected chi connectivity index (χ4v) is 2.03. The molecule has 0 bridgehead atoms. The van der Waals surface area contributed by atoms with Gasteiger partial charge in [-0.15, -0.1) is 0 Å². The van der Waals surface area contributed by atoms with Gasteiger partial charge in [-0.3, -0.25) is 4.79 Å². The largest absolute Gasteiger partial charge is 0.391 e. The lowest BCUT2D eigenvalue weighted by molar-refractivity contribution is 0.0872. The zero-order chi connectivity index (χ0) is 17.9. The lowest BCUT2D eigenvalue weighted by atomic mass is 9.96. The average Bonchev–Trinajstić information content (AvgIpc) is 3.02. The SMILES string of the molecule is CC(C)C(O)CNC(=O)c1ccccc1-c1nc(C(C)(C)C)no1. The third-order valence-corrected chi connectivity index (χ3v) is 3.74. The normalized spacial score (nSPS) is 13.1. The highest BCUT2D eigenvalue weighted by Crippen LogP contribution is 2.26. The molecule has 6 nitrogen and oxygen atoms in total. The maximum absolute atomic E-state index is 12.5. The van der Waals surface area contributed by atoms with E-state index in [1.807, 2.05) is 40.7 Å². The Morgan fingerprint density at radius 3 is 2.54 bits per heavy atom. The second-order valence-corrected chi connectivity index (χ2v) is 7.24. The van der Waals surface area contributed by atoms with Crippen LogP contribution >= 0.6 is 0 Å². The van der Waals surface area contributed by atoms with Gasteiger partial charge < -0.3 is 14.9 Å². The standard InChI is InChI=1S/C18H25N3O3/c1-11(2)14(22)10-19-15(23)12-8-6-7-9-13(12)16-20-17(21-24-16)18(3,4)5/h6-9,11,14,22H,10H2,1-5H3,(H,19,23). The highest BCUT2D eigenvalue weighted by molar-refractivity contribution is 5.99. The minimum Gasteiger partial charge on any atom is -0.391 e. The molecule has 130 valence electrons. The summed E-state index contributed by atoms with van der Waals surface area (Å²) in [5.41, 5.74) is 0.787. The van der Waals surface area contributed by atoms with Crippen LogP contribution in [-0.2, 0) is 5.41 Å². The number of amides is 1. The number of benzene rings is 1. The molecule has 2 aromatic rings. The summed E-state index contributed by atoms with van der Waals surface area (Å²) in [6.45, 7) is 9.98. The molecular weight excluding hydrogens is 306 g/mol. The monoisotopic (exact) mass is 331 g/mol. The second kappa shape index (κ2) is 7.13. The Bertz CT molecular complexity index is 702. The number of carbonyl (C=O) groups excluding carboxylic acids is 1. The van der Waals surface area contributed by atoms with Gasteiger partial charge in [-0.25, -0.2) is 0 Å². The first-order valence-electron chi connectivity index (χ1n) is 8.10. The average molecular weight is 331 g/mol. The Balaban J connectivity index is 2.24. The molecule has 1 amide bonds. The lowest BCUT2D eigenvalue weighted by Gasteiger charge is -2.15. The van der Waals surface area contributed by atoms with Gasteiger partial charge in [0, 0.05) is 12.0 Å². The molecule has 6 heteroatoms. The third kappa shape index (κ3) is 4.20. The molecule has 0 saturated carbocycles. The highest BCUT2D eigenvalue weighted by atomic mass is 16.5. The molecule has 2 rings (SSSR count). The van der Waals surface area contributed by atoms with Crippen LogP contribution in [-0.4, -0.2) is 33.8 Å². The van der Waals surface area contributed by atoms with Gasteiger partial charge in [-0.1, -0.05) is 51.9 Å². The number of rotatable bonds is 5. The molecule has 0 radical (unpaired) electrons. The van der Waals surface area contributed by atoms with Crippen LogP contribution in [0.4, 0.5) is 0 Å². The van der Waals surface area contributed by atoms with E-state index in [1.165, 1.54) is 0 Å². The van der Waals surface area contributed by atoms with Crippen LogP contribution in [0.25, 0.3) is 11.5 Å². The summed E-state index contributed by atoms with van der Waals surface area (Å²) < 4.78 is 5.34. The molecule has 1 aromatic heterocycles. The Morgan fingerprint density at radius 1 is 1.29 bits per heavy atom. The molecule has 1 atom stereocenters. The van der Waals surface area contributed by atoms with Crippen molar-refractivity contribution in [3.63, 3.8) is 0 Å². The highest BCUT2D eigenvalue weighted by Gasteiger charge is 2.23. The van der Waals surface area contributed by atoms with Crippen molar-refractivity contribution in [2.24, 2.45) is 5.92 Å². The first-order chi connectivity index (χ1) is 11.2. The molecule has 1 heterocycles. The van der Waals surface area contributed by atoms with E-state index >= 15 is 0 Å². The van der Waals surface area contributed by atoms with Crippen LogP contribution in [0.2, 0.25) is 0 Å². The van der Waals surface area contributed by atoms with Gasteiger partial charge >= 0.3 is 0 Å². The van der Waals surface area contributed by atoms with Crippen LogP contribution in [0.15, 0.2) is 28.8 Å². The number of aliphatic hydroxyl groups is 1. The summed E-state index contributed by atoms with van der Waals surface area (Å²) in [4.78, 5) is 16.9. The maximum atomic E-state index is 12.5. The van der Waals surface area contributed by atoms with E-state index in [9.17, 15) is 9.90 Å². The van der Waals surface area contributed by atoms with E-state index < -0.39 is 6.10 Å². The molecule has 1 unspecified atom stereocenters. The van der Waals surface area contributed by atoms with Crippen LogP contribution in [0.1, 0.15) is 50.8 Å². The minimum absolute atomic E-state index is 0.0748. The number of carbonyl (C=O) groups is 1. The summed E-state index contributed by atoms with van der Waals surface area (Å²) >= 11 is 0. The van der Waals surface area contributed by atoms with Gasteiger partial charge in [-0.2, -0.15) is 4.98 Å². The fourth-order valence-electron chi connectivity index (χ4n) is 2.03. The van der Waals surface area contributed by atoms with Gasteiger partial charge in [0.2, 0.25) is 0 Å². The summed E-state index contributed by atoms with van der Waals surface area (Å²) in [6.07, 6.45) is -0.586. The Morgan fingerprint density at radius 2 is 1.96 bits per heavy atom. The molecule has 0 aliphatic carbocycles. The smallest absolute Gasteiger partial charge is 0.258 e. The lowest BCUT2D eigenvalue weighted by Crippen LogP contribution is -2.34. The van der Waals surface area contributed by atoms with E-state index in [0.29, 0.717) is 22.8 Å². The molecule has 0 aliphatic rings. The number of hydrogen-bond acceptors (Lipinski definition) is 5. The van der Waals surface area contributed by atoms with Crippen molar-refractivity contribution in [2.75, 3.05) is 6.54 Å². The van der Waals surface area contributed by atoms with Crippen molar-refractivity contribution < 1.29 is 14.4 Å². The number of aliphatic hydroxyl groups excluding tert-OH is 1. The summed E-state index contributed by atoms with van der Waals surface area (Å²) in [6, 6.07) is 7.06. The topological polar surface area (TPSA) is 88.2 Å².